The number of hydrogen-bond donors (Lipinski definition) is 0. The van der Waals surface area contributed by atoms with Crippen molar-refractivity contribution in [3.63, 3.8) is 0 Å². The molecule has 0 amide bonds. The smallest absolute Gasteiger partial charge is 0.269 e. The van der Waals surface area contributed by atoms with Gasteiger partial charge in [0.15, 0.2) is 0 Å². The van der Waals surface area contributed by atoms with Gasteiger partial charge < -0.3 is 9.42 Å². The predicted octanol–water partition coefficient (Wildman–Crippen LogP) is 2.52. The first kappa shape index (κ1) is 11.6. The number of nitrogens with zero attached hydrogens (tertiary/aromatic N) is 4. The molecule has 0 atom stereocenters. The highest BCUT2D eigenvalue weighted by atomic mass is 32.1. The molecule has 0 N–H and O–H groups in total. The quantitative estimate of drug-likeness (QED) is 0.831. The van der Waals surface area contributed by atoms with E-state index in [4.69, 9.17) is 9.78 Å². The molecule has 0 aliphatic carbocycles. The highest BCUT2D eigenvalue weighted by Crippen LogP contribution is 2.27. The lowest BCUT2D eigenvalue weighted by Crippen LogP contribution is -2.22. The third-order valence-corrected chi connectivity index (χ3v) is 3.37. The van der Waals surface area contributed by atoms with Crippen LogP contribution in [0.4, 0.5) is 5.95 Å². The van der Waals surface area contributed by atoms with Crippen molar-refractivity contribution in [3.8, 4) is 16.8 Å². The predicted molar refractivity (Wildman–Crippen MR) is 65.9 cm³/mol. The number of thiophene rings is 1. The fraction of sp³-hybridized carbons (Fsp3) is 0.364. The van der Waals surface area contributed by atoms with Gasteiger partial charge in [0.25, 0.3) is 11.8 Å². The van der Waals surface area contributed by atoms with Crippen molar-refractivity contribution in [1.29, 1.82) is 5.26 Å². The van der Waals surface area contributed by atoms with E-state index in [0.29, 0.717) is 16.7 Å². The summed E-state index contributed by atoms with van der Waals surface area (Å²) in [5.41, 5.74) is 0. The van der Waals surface area contributed by atoms with Crippen LogP contribution in [0.15, 0.2) is 16.7 Å². The molecule has 2 heterocycles. The Morgan fingerprint density at radius 2 is 2.18 bits per heavy atom. The monoisotopic (exact) mass is 248 g/mol. The van der Waals surface area contributed by atoms with Crippen LogP contribution in [0.25, 0.3) is 10.8 Å². The van der Waals surface area contributed by atoms with Crippen molar-refractivity contribution < 1.29 is 4.52 Å². The summed E-state index contributed by atoms with van der Waals surface area (Å²) in [7, 11) is 0. The van der Waals surface area contributed by atoms with Gasteiger partial charge in [0.05, 0.1) is 4.88 Å². The molecular weight excluding hydrogens is 236 g/mol. The van der Waals surface area contributed by atoms with Gasteiger partial charge in [-0.15, -0.1) is 11.3 Å². The highest BCUT2D eigenvalue weighted by Gasteiger charge is 2.14. The van der Waals surface area contributed by atoms with Gasteiger partial charge >= 0.3 is 0 Å². The van der Waals surface area contributed by atoms with Gasteiger partial charge in [-0.25, -0.2) is 0 Å². The Hall–Kier alpha value is -1.87. The maximum Gasteiger partial charge on any atom is 0.269 e. The van der Waals surface area contributed by atoms with Crippen LogP contribution in [0.5, 0.6) is 0 Å². The largest absolute Gasteiger partial charge is 0.339 e. The molecule has 0 saturated carbocycles. The Kier molecular flexibility index (Phi) is 3.40. The van der Waals surface area contributed by atoms with Crippen LogP contribution >= 0.6 is 11.3 Å². The number of rotatable bonds is 4. The second-order valence-corrected chi connectivity index (χ2v) is 4.43. The average Bonchev–Trinajstić information content (AvgIpc) is 2.98. The molecule has 2 aromatic heterocycles. The van der Waals surface area contributed by atoms with Crippen LogP contribution in [0, 0.1) is 11.3 Å². The van der Waals surface area contributed by atoms with Crippen LogP contribution in [0.3, 0.4) is 0 Å². The third kappa shape index (κ3) is 2.29. The SMILES string of the molecule is CCN(CC)c1noc(-c2ccc(C#N)s2)n1. The van der Waals surface area contributed by atoms with Gasteiger partial charge in [-0.2, -0.15) is 10.2 Å². The molecular formula is C11H12N4OS. The van der Waals surface area contributed by atoms with Crippen LogP contribution in [0.1, 0.15) is 18.7 Å². The lowest BCUT2D eigenvalue weighted by Gasteiger charge is -2.14. The number of hydrogen-bond acceptors (Lipinski definition) is 6. The van der Waals surface area contributed by atoms with Gasteiger partial charge in [0.2, 0.25) is 0 Å². The molecule has 0 unspecified atom stereocenters. The van der Waals surface area contributed by atoms with Gasteiger partial charge in [-0.05, 0) is 31.1 Å². The fourth-order valence-electron chi connectivity index (χ4n) is 1.46. The fourth-order valence-corrected chi connectivity index (χ4v) is 2.19. The van der Waals surface area contributed by atoms with Crippen molar-refractivity contribution in [1.82, 2.24) is 10.1 Å². The summed E-state index contributed by atoms with van der Waals surface area (Å²) in [6.45, 7) is 5.75. The minimum absolute atomic E-state index is 0.471. The van der Waals surface area contributed by atoms with Crippen molar-refractivity contribution in [3.05, 3.63) is 17.0 Å². The van der Waals surface area contributed by atoms with E-state index in [9.17, 15) is 0 Å². The first-order chi connectivity index (χ1) is 8.28. The summed E-state index contributed by atoms with van der Waals surface area (Å²) < 4.78 is 5.19. The zero-order chi connectivity index (χ0) is 12.3. The molecule has 0 aliphatic rings. The van der Waals surface area contributed by atoms with Gasteiger partial charge in [-0.1, -0.05) is 0 Å². The lowest BCUT2D eigenvalue weighted by atomic mass is 10.4. The molecule has 0 aromatic carbocycles. The minimum Gasteiger partial charge on any atom is -0.339 e. The first-order valence-electron chi connectivity index (χ1n) is 5.37. The Morgan fingerprint density at radius 3 is 2.76 bits per heavy atom. The summed E-state index contributed by atoms with van der Waals surface area (Å²) in [6.07, 6.45) is 0. The summed E-state index contributed by atoms with van der Waals surface area (Å²) in [4.78, 5) is 7.79. The van der Waals surface area contributed by atoms with Crippen molar-refractivity contribution in [2.45, 2.75) is 13.8 Å². The van der Waals surface area contributed by atoms with E-state index in [0.717, 1.165) is 18.0 Å². The first-order valence-corrected chi connectivity index (χ1v) is 6.19. The Balaban J connectivity index is 2.26. The third-order valence-electron chi connectivity index (χ3n) is 2.39. The average molecular weight is 248 g/mol. The molecule has 88 valence electrons. The van der Waals surface area contributed by atoms with Gasteiger partial charge in [-0.3, -0.25) is 0 Å². The molecule has 0 fully saturated rings. The van der Waals surface area contributed by atoms with Crippen LogP contribution in [-0.4, -0.2) is 23.2 Å². The molecule has 0 spiro atoms. The Morgan fingerprint density at radius 1 is 1.41 bits per heavy atom. The van der Waals surface area contributed by atoms with Crippen LogP contribution in [0.2, 0.25) is 0 Å². The summed E-state index contributed by atoms with van der Waals surface area (Å²) in [5, 5.41) is 12.7. The van der Waals surface area contributed by atoms with Crippen molar-refractivity contribution in [2.24, 2.45) is 0 Å². The molecule has 6 heteroatoms. The van der Waals surface area contributed by atoms with E-state index in [1.165, 1.54) is 11.3 Å². The van der Waals surface area contributed by atoms with E-state index in [2.05, 4.69) is 16.2 Å². The maximum atomic E-state index is 8.75. The lowest BCUT2D eigenvalue weighted by molar-refractivity contribution is 0.430. The summed E-state index contributed by atoms with van der Waals surface area (Å²) in [5.74, 6) is 1.07. The minimum atomic E-state index is 0.471. The molecule has 17 heavy (non-hydrogen) atoms. The molecule has 0 saturated heterocycles. The molecule has 0 aliphatic heterocycles. The van der Waals surface area contributed by atoms with Gasteiger partial charge in [0.1, 0.15) is 10.9 Å². The number of anilines is 1. The molecule has 2 rings (SSSR count). The summed E-state index contributed by atoms with van der Waals surface area (Å²) in [6, 6.07) is 5.66. The topological polar surface area (TPSA) is 66.0 Å². The maximum absolute atomic E-state index is 8.75. The van der Waals surface area contributed by atoms with E-state index in [1.54, 1.807) is 6.07 Å². The normalized spacial score (nSPS) is 10.2. The second-order valence-electron chi connectivity index (χ2n) is 3.35. The highest BCUT2D eigenvalue weighted by molar-refractivity contribution is 7.15. The van der Waals surface area contributed by atoms with Crippen molar-refractivity contribution >= 4 is 17.3 Å². The van der Waals surface area contributed by atoms with E-state index >= 15 is 0 Å². The van der Waals surface area contributed by atoms with Crippen LogP contribution < -0.4 is 4.90 Å². The van der Waals surface area contributed by atoms with E-state index in [1.807, 2.05) is 24.8 Å². The molecule has 0 radical (unpaired) electrons. The van der Waals surface area contributed by atoms with Crippen molar-refractivity contribution in [2.75, 3.05) is 18.0 Å². The standard InChI is InChI=1S/C11H12N4OS/c1-3-15(4-2)11-13-10(16-14-11)9-6-5-8(7-12)17-9/h5-6H,3-4H2,1-2H3. The van der Waals surface area contributed by atoms with Crippen LogP contribution in [-0.2, 0) is 0 Å². The number of aromatic nitrogens is 2. The molecule has 0 bridgehead atoms. The Bertz CT molecular complexity index is 536. The van der Waals surface area contributed by atoms with E-state index in [-0.39, 0.29) is 0 Å². The summed E-state index contributed by atoms with van der Waals surface area (Å²) >= 11 is 1.35. The molecule has 5 nitrogen and oxygen atoms in total. The Labute approximate surface area is 103 Å². The second kappa shape index (κ2) is 4.97. The zero-order valence-electron chi connectivity index (χ0n) is 9.67. The number of nitriles is 1. The van der Waals surface area contributed by atoms with Gasteiger partial charge in [0, 0.05) is 13.1 Å². The zero-order valence-corrected chi connectivity index (χ0v) is 10.5. The van der Waals surface area contributed by atoms with E-state index < -0.39 is 0 Å². The molecule has 2 aromatic rings.